The van der Waals surface area contributed by atoms with Crippen LogP contribution in [-0.2, 0) is 10.3 Å². The van der Waals surface area contributed by atoms with Gasteiger partial charge in [0.15, 0.2) is 0 Å². The predicted octanol–water partition coefficient (Wildman–Crippen LogP) is 2.09. The quantitative estimate of drug-likeness (QED) is 0.879. The molecule has 0 aliphatic heterocycles. The minimum Gasteiger partial charge on any atom is -0.383 e. The van der Waals surface area contributed by atoms with E-state index in [4.69, 9.17) is 0 Å². The first kappa shape index (κ1) is 13.9. The SMILES string of the molecule is CC(C)[C@@H](O)C(=O)NC1(c2cc(F)cc(F)c2)CC1. The van der Waals surface area contributed by atoms with Crippen molar-refractivity contribution in [1.29, 1.82) is 0 Å². The number of carbonyl (C=O) groups excluding carboxylic acids is 1. The van der Waals surface area contributed by atoms with Crippen LogP contribution in [0.25, 0.3) is 0 Å². The van der Waals surface area contributed by atoms with E-state index in [1.165, 1.54) is 12.1 Å². The van der Waals surface area contributed by atoms with Crippen LogP contribution < -0.4 is 5.32 Å². The Kier molecular flexibility index (Phi) is 3.58. The maximum absolute atomic E-state index is 13.2. The molecule has 2 rings (SSSR count). The molecule has 104 valence electrons. The molecule has 2 N–H and O–H groups in total. The van der Waals surface area contributed by atoms with Crippen molar-refractivity contribution in [2.45, 2.75) is 38.3 Å². The van der Waals surface area contributed by atoms with Gasteiger partial charge in [-0.2, -0.15) is 0 Å². The van der Waals surface area contributed by atoms with Gasteiger partial charge in [-0.1, -0.05) is 13.8 Å². The maximum atomic E-state index is 13.2. The highest BCUT2D eigenvalue weighted by atomic mass is 19.1. The summed E-state index contributed by atoms with van der Waals surface area (Å²) in [7, 11) is 0. The lowest BCUT2D eigenvalue weighted by molar-refractivity contribution is -0.132. The average Bonchev–Trinajstić information content (AvgIpc) is 3.07. The second-order valence-electron chi connectivity index (χ2n) is 5.42. The average molecular weight is 269 g/mol. The standard InChI is InChI=1S/C14H17F2NO2/c1-8(2)12(18)13(19)17-14(3-4-14)9-5-10(15)7-11(16)6-9/h5-8,12,18H,3-4H2,1-2H3,(H,17,19)/t12-/m1/s1. The van der Waals surface area contributed by atoms with Crippen LogP contribution in [0, 0.1) is 17.6 Å². The third-order valence-electron chi connectivity index (χ3n) is 3.43. The van der Waals surface area contributed by atoms with Crippen LogP contribution in [0.15, 0.2) is 18.2 Å². The summed E-state index contributed by atoms with van der Waals surface area (Å²) in [6.45, 7) is 3.46. The summed E-state index contributed by atoms with van der Waals surface area (Å²) in [4.78, 5) is 11.8. The molecule has 1 amide bonds. The zero-order valence-corrected chi connectivity index (χ0v) is 10.9. The van der Waals surface area contributed by atoms with Gasteiger partial charge in [0.2, 0.25) is 5.91 Å². The Morgan fingerprint density at radius 3 is 2.21 bits per heavy atom. The van der Waals surface area contributed by atoms with E-state index in [1.54, 1.807) is 13.8 Å². The number of hydrogen-bond acceptors (Lipinski definition) is 2. The van der Waals surface area contributed by atoms with Gasteiger partial charge in [0, 0.05) is 6.07 Å². The smallest absolute Gasteiger partial charge is 0.249 e. The van der Waals surface area contributed by atoms with Crippen LogP contribution >= 0.6 is 0 Å². The molecule has 0 aromatic heterocycles. The van der Waals surface area contributed by atoms with Crippen molar-refractivity contribution in [2.24, 2.45) is 5.92 Å². The number of aliphatic hydroxyl groups is 1. The van der Waals surface area contributed by atoms with E-state index in [0.29, 0.717) is 18.4 Å². The van der Waals surface area contributed by atoms with E-state index >= 15 is 0 Å². The molecule has 1 fully saturated rings. The Bertz CT molecular complexity index is 478. The van der Waals surface area contributed by atoms with E-state index in [-0.39, 0.29) is 5.92 Å². The van der Waals surface area contributed by atoms with Crippen LogP contribution in [0.4, 0.5) is 8.78 Å². The van der Waals surface area contributed by atoms with Crippen LogP contribution in [0.5, 0.6) is 0 Å². The van der Waals surface area contributed by atoms with Gasteiger partial charge in [-0.3, -0.25) is 4.79 Å². The van der Waals surface area contributed by atoms with Crippen LogP contribution in [-0.4, -0.2) is 17.1 Å². The lowest BCUT2D eigenvalue weighted by atomic mass is 10.0. The van der Waals surface area contributed by atoms with Crippen LogP contribution in [0.2, 0.25) is 0 Å². The largest absolute Gasteiger partial charge is 0.383 e. The van der Waals surface area contributed by atoms with Crippen molar-refractivity contribution < 1.29 is 18.7 Å². The number of rotatable bonds is 4. The molecule has 0 bridgehead atoms. The van der Waals surface area contributed by atoms with E-state index in [9.17, 15) is 18.7 Å². The van der Waals surface area contributed by atoms with Crippen molar-refractivity contribution in [3.05, 3.63) is 35.4 Å². The first-order chi connectivity index (χ1) is 8.84. The Hall–Kier alpha value is -1.49. The summed E-state index contributed by atoms with van der Waals surface area (Å²) in [5, 5.41) is 12.4. The normalized spacial score (nSPS) is 18.2. The molecule has 19 heavy (non-hydrogen) atoms. The second kappa shape index (κ2) is 4.89. The van der Waals surface area contributed by atoms with Crippen LogP contribution in [0.3, 0.4) is 0 Å². The minimum atomic E-state index is -1.11. The fourth-order valence-electron chi connectivity index (χ4n) is 2.05. The van der Waals surface area contributed by atoms with Gasteiger partial charge in [0.05, 0.1) is 5.54 Å². The van der Waals surface area contributed by atoms with Crippen molar-refractivity contribution in [2.75, 3.05) is 0 Å². The third kappa shape index (κ3) is 2.92. The monoisotopic (exact) mass is 269 g/mol. The summed E-state index contributed by atoms with van der Waals surface area (Å²) in [5.74, 6) is -2.04. The number of halogens is 2. The molecule has 1 aromatic carbocycles. The highest BCUT2D eigenvalue weighted by molar-refractivity contribution is 5.82. The Morgan fingerprint density at radius 2 is 1.79 bits per heavy atom. The number of benzene rings is 1. The van der Waals surface area contributed by atoms with Crippen molar-refractivity contribution >= 4 is 5.91 Å². The molecule has 0 spiro atoms. The molecular weight excluding hydrogens is 252 g/mol. The molecule has 3 nitrogen and oxygen atoms in total. The van der Waals surface area contributed by atoms with Crippen molar-refractivity contribution in [3.63, 3.8) is 0 Å². The van der Waals surface area contributed by atoms with E-state index in [2.05, 4.69) is 5.32 Å². The van der Waals surface area contributed by atoms with Crippen LogP contribution in [0.1, 0.15) is 32.3 Å². The lowest BCUT2D eigenvalue weighted by Crippen LogP contribution is -2.43. The molecule has 0 unspecified atom stereocenters. The molecule has 1 aliphatic rings. The number of amides is 1. The summed E-state index contributed by atoms with van der Waals surface area (Å²) in [6.07, 6.45) is 0.120. The van der Waals surface area contributed by atoms with Gasteiger partial charge in [0.1, 0.15) is 17.7 Å². The van der Waals surface area contributed by atoms with Gasteiger partial charge >= 0.3 is 0 Å². The molecule has 1 saturated carbocycles. The van der Waals surface area contributed by atoms with Crippen molar-refractivity contribution in [1.82, 2.24) is 5.32 Å². The minimum absolute atomic E-state index is 0.208. The number of hydrogen-bond donors (Lipinski definition) is 2. The summed E-state index contributed by atoms with van der Waals surface area (Å²) in [5.41, 5.74) is -0.315. The predicted molar refractivity (Wildman–Crippen MR) is 66.3 cm³/mol. The number of carbonyl (C=O) groups is 1. The fraction of sp³-hybridized carbons (Fsp3) is 0.500. The third-order valence-corrected chi connectivity index (χ3v) is 3.43. The molecular formula is C14H17F2NO2. The van der Waals surface area contributed by atoms with E-state index in [1.807, 2.05) is 0 Å². The van der Waals surface area contributed by atoms with Gasteiger partial charge in [-0.25, -0.2) is 8.78 Å². The van der Waals surface area contributed by atoms with E-state index < -0.39 is 29.2 Å². The summed E-state index contributed by atoms with van der Waals surface area (Å²) >= 11 is 0. The highest BCUT2D eigenvalue weighted by Crippen LogP contribution is 2.46. The Labute approximate surface area is 110 Å². The Balaban J connectivity index is 2.17. The Morgan fingerprint density at radius 1 is 1.26 bits per heavy atom. The number of nitrogens with one attached hydrogen (secondary N) is 1. The molecule has 1 aromatic rings. The lowest BCUT2D eigenvalue weighted by Gasteiger charge is -2.22. The van der Waals surface area contributed by atoms with E-state index in [0.717, 1.165) is 6.07 Å². The second-order valence-corrected chi connectivity index (χ2v) is 5.42. The fourth-order valence-corrected chi connectivity index (χ4v) is 2.05. The first-order valence-electron chi connectivity index (χ1n) is 6.31. The molecule has 0 heterocycles. The topological polar surface area (TPSA) is 49.3 Å². The first-order valence-corrected chi connectivity index (χ1v) is 6.31. The molecule has 1 atom stereocenters. The van der Waals surface area contributed by atoms with Crippen molar-refractivity contribution in [3.8, 4) is 0 Å². The zero-order chi connectivity index (χ0) is 14.2. The summed E-state index contributed by atoms with van der Waals surface area (Å²) in [6, 6.07) is 3.24. The molecule has 0 saturated heterocycles. The molecule has 0 radical (unpaired) electrons. The highest BCUT2D eigenvalue weighted by Gasteiger charge is 2.47. The van der Waals surface area contributed by atoms with Gasteiger partial charge in [-0.15, -0.1) is 0 Å². The maximum Gasteiger partial charge on any atom is 0.249 e. The summed E-state index contributed by atoms with van der Waals surface area (Å²) < 4.78 is 26.4. The molecule has 5 heteroatoms. The number of aliphatic hydroxyl groups excluding tert-OH is 1. The van der Waals surface area contributed by atoms with Gasteiger partial charge in [-0.05, 0) is 36.5 Å². The van der Waals surface area contributed by atoms with Gasteiger partial charge in [0.25, 0.3) is 0 Å². The van der Waals surface area contributed by atoms with Gasteiger partial charge < -0.3 is 10.4 Å². The molecule has 1 aliphatic carbocycles. The zero-order valence-electron chi connectivity index (χ0n) is 10.9.